The van der Waals surface area contributed by atoms with Crippen molar-refractivity contribution in [1.29, 1.82) is 0 Å². The second kappa shape index (κ2) is 7.03. The molecule has 1 saturated heterocycles. The molecule has 4 rings (SSSR count). The quantitative estimate of drug-likeness (QED) is 0.637. The molecule has 0 spiro atoms. The van der Waals surface area contributed by atoms with Gasteiger partial charge in [-0.05, 0) is 43.5 Å². The molecule has 0 amide bonds. The zero-order chi connectivity index (χ0) is 18.9. The van der Waals surface area contributed by atoms with Crippen LogP contribution in [0.1, 0.15) is 24.0 Å². The van der Waals surface area contributed by atoms with Gasteiger partial charge < -0.3 is 19.5 Å². The van der Waals surface area contributed by atoms with Crippen molar-refractivity contribution in [2.24, 2.45) is 0 Å². The number of aromatic nitrogens is 1. The van der Waals surface area contributed by atoms with Crippen LogP contribution in [0.15, 0.2) is 30.5 Å². The third kappa shape index (κ3) is 3.40. The van der Waals surface area contributed by atoms with E-state index in [1.807, 2.05) is 12.1 Å². The highest BCUT2D eigenvalue weighted by molar-refractivity contribution is 5.49. The summed E-state index contributed by atoms with van der Waals surface area (Å²) in [6.07, 6.45) is 3.03. The molecule has 2 aliphatic heterocycles. The molecule has 0 unspecified atom stereocenters. The van der Waals surface area contributed by atoms with Crippen LogP contribution in [0.5, 0.6) is 11.5 Å². The molecule has 1 fully saturated rings. The Morgan fingerprint density at radius 2 is 2.00 bits per heavy atom. The monoisotopic (exact) mass is 371 g/mol. The van der Waals surface area contributed by atoms with Gasteiger partial charge in [0.05, 0.1) is 4.92 Å². The number of nitrogens with zero attached hydrogens (tertiary/aromatic N) is 2. The van der Waals surface area contributed by atoms with Gasteiger partial charge in [0.2, 0.25) is 6.79 Å². The average molecular weight is 371 g/mol. The lowest BCUT2D eigenvalue weighted by atomic mass is 9.74. The summed E-state index contributed by atoms with van der Waals surface area (Å²) in [6.45, 7) is 3.98. The summed E-state index contributed by atoms with van der Waals surface area (Å²) in [7, 11) is 0. The Kier molecular flexibility index (Phi) is 4.57. The van der Waals surface area contributed by atoms with Crippen LogP contribution >= 0.6 is 0 Å². The first-order chi connectivity index (χ1) is 13.1. The van der Waals surface area contributed by atoms with Crippen molar-refractivity contribution in [3.63, 3.8) is 0 Å². The van der Waals surface area contributed by atoms with Gasteiger partial charge in [0.25, 0.3) is 5.69 Å². The molecule has 0 saturated carbocycles. The first-order valence-corrected chi connectivity index (χ1v) is 8.90. The van der Waals surface area contributed by atoms with E-state index in [4.69, 9.17) is 14.2 Å². The molecule has 8 nitrogen and oxygen atoms in total. The third-order valence-electron chi connectivity index (χ3n) is 5.32. The van der Waals surface area contributed by atoms with Crippen LogP contribution < -0.4 is 14.8 Å². The van der Waals surface area contributed by atoms with Crippen LogP contribution in [0.2, 0.25) is 0 Å². The molecule has 27 heavy (non-hydrogen) atoms. The van der Waals surface area contributed by atoms with Gasteiger partial charge in [-0.25, -0.2) is 4.98 Å². The van der Waals surface area contributed by atoms with Crippen LogP contribution in [-0.4, -0.2) is 36.5 Å². The second-order valence-corrected chi connectivity index (χ2v) is 6.93. The number of rotatable bonds is 5. The van der Waals surface area contributed by atoms with Crippen LogP contribution in [0.25, 0.3) is 0 Å². The molecule has 1 N–H and O–H groups in total. The van der Waals surface area contributed by atoms with E-state index >= 15 is 0 Å². The third-order valence-corrected chi connectivity index (χ3v) is 5.32. The average Bonchev–Trinajstić information content (AvgIpc) is 3.15. The van der Waals surface area contributed by atoms with Gasteiger partial charge in [-0.1, -0.05) is 6.07 Å². The Labute approximate surface area is 156 Å². The van der Waals surface area contributed by atoms with Crippen molar-refractivity contribution in [3.05, 3.63) is 51.7 Å². The molecule has 1 aromatic carbocycles. The number of benzene rings is 1. The van der Waals surface area contributed by atoms with Gasteiger partial charge in [-0.3, -0.25) is 10.1 Å². The summed E-state index contributed by atoms with van der Waals surface area (Å²) in [6, 6.07) is 7.78. The molecule has 0 bridgehead atoms. The molecule has 2 aromatic rings. The Morgan fingerprint density at radius 3 is 2.74 bits per heavy atom. The summed E-state index contributed by atoms with van der Waals surface area (Å²) in [5, 5.41) is 14.3. The number of hydrogen-bond acceptors (Lipinski definition) is 7. The normalized spacial score (nSPS) is 17.5. The Hall–Kier alpha value is -2.87. The standard InChI is InChI=1S/C19H21N3O5/c1-13-8-18(20-10-15(13)22(23)24)21-11-19(4-6-25-7-5-19)14-2-3-16-17(9-14)27-12-26-16/h2-3,8-10H,4-7,11-12H2,1H3,(H,20,21). The van der Waals surface area contributed by atoms with E-state index in [1.54, 1.807) is 13.0 Å². The molecule has 8 heteroatoms. The maximum absolute atomic E-state index is 11.0. The number of nitro groups is 1. The number of pyridine rings is 1. The minimum absolute atomic E-state index is 0.0251. The number of hydrogen-bond donors (Lipinski definition) is 1. The van der Waals surface area contributed by atoms with Crippen LogP contribution in [-0.2, 0) is 10.2 Å². The number of ether oxygens (including phenoxy) is 3. The van der Waals surface area contributed by atoms with Gasteiger partial charge in [-0.2, -0.15) is 0 Å². The van der Waals surface area contributed by atoms with Crippen molar-refractivity contribution >= 4 is 11.5 Å². The summed E-state index contributed by atoms with van der Waals surface area (Å²) < 4.78 is 16.5. The van der Waals surface area contributed by atoms with E-state index in [2.05, 4.69) is 16.4 Å². The van der Waals surface area contributed by atoms with Gasteiger partial charge in [0.15, 0.2) is 11.5 Å². The highest BCUT2D eigenvalue weighted by Crippen LogP contribution is 2.41. The van der Waals surface area contributed by atoms with Crippen molar-refractivity contribution in [1.82, 2.24) is 4.98 Å². The molecule has 0 aliphatic carbocycles. The molecular formula is C19H21N3O5. The van der Waals surface area contributed by atoms with Gasteiger partial charge in [0.1, 0.15) is 12.0 Å². The molecular weight excluding hydrogens is 350 g/mol. The minimum Gasteiger partial charge on any atom is -0.454 e. The highest BCUT2D eigenvalue weighted by Gasteiger charge is 2.35. The van der Waals surface area contributed by atoms with Crippen LogP contribution in [0, 0.1) is 17.0 Å². The molecule has 0 radical (unpaired) electrons. The lowest BCUT2D eigenvalue weighted by molar-refractivity contribution is -0.385. The number of anilines is 1. The van der Waals surface area contributed by atoms with Crippen molar-refractivity contribution in [2.75, 3.05) is 31.9 Å². The topological polar surface area (TPSA) is 95.8 Å². The van der Waals surface area contributed by atoms with Crippen molar-refractivity contribution in [3.8, 4) is 11.5 Å². The van der Waals surface area contributed by atoms with Gasteiger partial charge in [0, 0.05) is 30.7 Å². The van der Waals surface area contributed by atoms with E-state index in [-0.39, 0.29) is 17.9 Å². The Bertz CT molecular complexity index is 864. The smallest absolute Gasteiger partial charge is 0.290 e. The lowest BCUT2D eigenvalue weighted by Gasteiger charge is -2.38. The van der Waals surface area contributed by atoms with E-state index in [9.17, 15) is 10.1 Å². The summed E-state index contributed by atoms with van der Waals surface area (Å²) >= 11 is 0. The summed E-state index contributed by atoms with van der Waals surface area (Å²) in [4.78, 5) is 14.8. The summed E-state index contributed by atoms with van der Waals surface area (Å²) in [5.41, 5.74) is 1.65. The maximum atomic E-state index is 11.0. The largest absolute Gasteiger partial charge is 0.454 e. The van der Waals surface area contributed by atoms with Gasteiger partial charge >= 0.3 is 0 Å². The lowest BCUT2D eigenvalue weighted by Crippen LogP contribution is -2.40. The maximum Gasteiger partial charge on any atom is 0.290 e. The highest BCUT2D eigenvalue weighted by atomic mass is 16.7. The Morgan fingerprint density at radius 1 is 1.22 bits per heavy atom. The molecule has 3 heterocycles. The second-order valence-electron chi connectivity index (χ2n) is 6.93. The first kappa shape index (κ1) is 17.5. The van der Waals surface area contributed by atoms with Crippen LogP contribution in [0.4, 0.5) is 11.5 Å². The van der Waals surface area contributed by atoms with E-state index in [0.717, 1.165) is 24.3 Å². The van der Waals surface area contributed by atoms with E-state index < -0.39 is 4.92 Å². The zero-order valence-electron chi connectivity index (χ0n) is 15.1. The zero-order valence-corrected chi connectivity index (χ0v) is 15.1. The molecule has 0 atom stereocenters. The van der Waals surface area contributed by atoms with Gasteiger partial charge in [-0.15, -0.1) is 0 Å². The summed E-state index contributed by atoms with van der Waals surface area (Å²) in [5.74, 6) is 2.16. The molecule has 1 aromatic heterocycles. The van der Waals surface area contributed by atoms with Crippen LogP contribution in [0.3, 0.4) is 0 Å². The predicted octanol–water partition coefficient (Wildman–Crippen LogP) is 3.19. The molecule has 2 aliphatic rings. The minimum atomic E-state index is -0.418. The van der Waals surface area contributed by atoms with Crippen molar-refractivity contribution < 1.29 is 19.1 Å². The fourth-order valence-electron chi connectivity index (χ4n) is 3.65. The fraction of sp³-hybridized carbons (Fsp3) is 0.421. The predicted molar refractivity (Wildman–Crippen MR) is 98.4 cm³/mol. The number of nitrogens with one attached hydrogen (secondary N) is 1. The Balaban J connectivity index is 1.58. The molecule has 142 valence electrons. The number of aryl methyl sites for hydroxylation is 1. The SMILES string of the molecule is Cc1cc(NCC2(c3ccc4c(c3)OCO4)CCOCC2)ncc1[N+](=O)[O-]. The first-order valence-electron chi connectivity index (χ1n) is 8.90. The van der Waals surface area contributed by atoms with E-state index in [0.29, 0.717) is 31.1 Å². The fourth-order valence-corrected chi connectivity index (χ4v) is 3.65. The van der Waals surface area contributed by atoms with E-state index in [1.165, 1.54) is 11.8 Å². The van der Waals surface area contributed by atoms with Crippen molar-refractivity contribution in [2.45, 2.75) is 25.2 Å². The number of fused-ring (bicyclic) bond motifs is 1.